The third kappa shape index (κ3) is 20.6. The minimum atomic E-state index is -4.82. The second-order valence-electron chi connectivity index (χ2n) is 29.8. The fourth-order valence-corrected chi connectivity index (χ4v) is 15.7. The van der Waals surface area contributed by atoms with Crippen LogP contribution in [-0.4, -0.2) is 175 Å². The van der Waals surface area contributed by atoms with Gasteiger partial charge in [-0.3, -0.25) is 34.5 Å². The molecule has 27 nitrogen and oxygen atoms in total. The quantitative estimate of drug-likeness (QED) is 0.0370. The average molecular weight is 1660 g/mol. The summed E-state index contributed by atoms with van der Waals surface area (Å²) in [6.45, 7) is 17.5. The largest absolute Gasteiger partial charge is 0.452 e. The van der Waals surface area contributed by atoms with E-state index < -0.39 is 35.4 Å². The number of oxazole rings is 1. The van der Waals surface area contributed by atoms with Crippen molar-refractivity contribution in [3.05, 3.63) is 208 Å². The summed E-state index contributed by atoms with van der Waals surface area (Å²) < 4.78 is 95.8. The van der Waals surface area contributed by atoms with E-state index in [0.717, 1.165) is 82.6 Å². The number of carbonyl (C=O) groups excluding carboxylic acids is 4. The van der Waals surface area contributed by atoms with Crippen molar-refractivity contribution in [1.82, 2.24) is 90.8 Å². The third-order valence-corrected chi connectivity index (χ3v) is 22.1. The van der Waals surface area contributed by atoms with Crippen LogP contribution in [0.4, 0.5) is 61.2 Å². The number of aromatic amines is 3. The van der Waals surface area contributed by atoms with Crippen molar-refractivity contribution in [3.8, 4) is 0 Å². The van der Waals surface area contributed by atoms with Gasteiger partial charge in [0.1, 0.15) is 62.1 Å². The number of ether oxygens (including phenoxy) is 1. The number of benzene rings is 3. The molecule has 0 saturated carbocycles. The molecule has 0 spiro atoms. The van der Waals surface area contributed by atoms with Gasteiger partial charge in [-0.2, -0.15) is 28.5 Å². The number of nitrogens with zero attached hydrogens (tertiary/aromatic N) is 13. The Morgan fingerprint density at radius 2 is 0.897 bits per heavy atom. The molecule has 2 atom stereocenters. The van der Waals surface area contributed by atoms with Crippen molar-refractivity contribution >= 4 is 93.3 Å². The molecule has 36 heteroatoms. The smallest absolute Gasteiger partial charge is 0.436 e. The van der Waals surface area contributed by atoms with Gasteiger partial charge in [0.2, 0.25) is 23.5 Å². The van der Waals surface area contributed by atoms with Gasteiger partial charge in [0.15, 0.2) is 46.5 Å². The number of aryl methyl sites for hydroxylation is 7. The maximum absolute atomic E-state index is 15.3. The van der Waals surface area contributed by atoms with Crippen LogP contribution < -0.4 is 26.6 Å². The molecule has 1 unspecified atom stereocenters. The van der Waals surface area contributed by atoms with Gasteiger partial charge in [-0.1, -0.05) is 53.0 Å². The number of H-pyrrole nitrogens is 3. The molecule has 7 aromatic heterocycles. The Bertz CT molecular complexity index is 5220. The molecule has 10 aromatic rings. The number of hydrogen-bond acceptors (Lipinski definition) is 20. The maximum Gasteiger partial charge on any atom is 0.452 e. The molecular weight excluding hydrogens is 1570 g/mol. The van der Waals surface area contributed by atoms with Crippen LogP contribution >= 0.6 is 34.8 Å². The predicted octanol–water partition coefficient (Wildman–Crippen LogP) is 14.2. The summed E-state index contributed by atoms with van der Waals surface area (Å²) in [6.07, 6.45) is 6.19. The topological polar surface area (TPSA) is 337 Å². The number of piperidine rings is 4. The first-order valence-corrected chi connectivity index (χ1v) is 39.5. The highest BCUT2D eigenvalue weighted by Crippen LogP contribution is 2.39. The fraction of sp³-hybridized carbons (Fsp3) is 0.425. The van der Waals surface area contributed by atoms with E-state index in [1.54, 1.807) is 24.3 Å². The SMILES string of the molecule is Cc1cc(Nc2nc(Cc3cc(C)c(C4CCN(C(=O)C5CCCC(=O)N5)CC4)cc3F)ncc2Cl)n[nH]1.Cc1cc(Nc2nc(Cc3cc(C)c(C4CCN(C(=O)[C@@H]5COCCN5)CC4)cc3F)ncc2Cl)n[nH]1.Cc1cc(Nc2nc(Cc3cc(C)c(C4CCN(C(=O)c5nc(C)oc5C(F)(F)F)CC4)cc3F)ncc2Cl)n[nH]1. The molecule has 12 heterocycles. The lowest BCUT2D eigenvalue weighted by atomic mass is 9.85. The second kappa shape index (κ2) is 36.7. The number of hydrogen-bond donors (Lipinski definition) is 8. The van der Waals surface area contributed by atoms with Crippen LogP contribution in [0, 0.1) is 65.9 Å². The first-order chi connectivity index (χ1) is 55.5. The number of halogens is 9. The van der Waals surface area contributed by atoms with Crippen molar-refractivity contribution in [1.29, 1.82) is 0 Å². The van der Waals surface area contributed by atoms with E-state index in [1.807, 2.05) is 75.6 Å². The minimum Gasteiger partial charge on any atom is -0.436 e. The zero-order valence-corrected chi connectivity index (χ0v) is 67.1. The van der Waals surface area contributed by atoms with Crippen LogP contribution in [0.5, 0.6) is 0 Å². The lowest BCUT2D eigenvalue weighted by Gasteiger charge is -2.36. The summed E-state index contributed by atoms with van der Waals surface area (Å²) in [7, 11) is 0. The molecule has 0 radical (unpaired) electrons. The van der Waals surface area contributed by atoms with Crippen molar-refractivity contribution in [2.45, 2.75) is 162 Å². The Labute approximate surface area is 679 Å². The summed E-state index contributed by atoms with van der Waals surface area (Å²) in [5, 5.41) is 37.1. The normalized spacial score (nSPS) is 17.1. The number of anilines is 6. The van der Waals surface area contributed by atoms with Gasteiger partial charge in [0.25, 0.3) is 5.91 Å². The van der Waals surface area contributed by atoms with Gasteiger partial charge < -0.3 is 50.4 Å². The number of carbonyl (C=O) groups is 4. The van der Waals surface area contributed by atoms with Crippen LogP contribution in [0.1, 0.15) is 182 Å². The molecule has 5 saturated heterocycles. The highest BCUT2D eigenvalue weighted by atomic mass is 35.5. The van der Waals surface area contributed by atoms with E-state index in [9.17, 15) is 32.3 Å². The number of nitrogens with one attached hydrogen (secondary N) is 8. The highest BCUT2D eigenvalue weighted by Gasteiger charge is 2.43. The highest BCUT2D eigenvalue weighted by molar-refractivity contribution is 6.33. The molecule has 0 bridgehead atoms. The van der Waals surface area contributed by atoms with E-state index in [2.05, 4.69) is 96.5 Å². The Morgan fingerprint density at radius 1 is 0.517 bits per heavy atom. The first kappa shape index (κ1) is 83.3. The summed E-state index contributed by atoms with van der Waals surface area (Å²) in [4.78, 5) is 85.1. The van der Waals surface area contributed by atoms with Crippen molar-refractivity contribution in [3.63, 3.8) is 0 Å². The summed E-state index contributed by atoms with van der Waals surface area (Å²) in [5.74, 6) is 1.04. The zero-order chi connectivity index (χ0) is 82.2. The van der Waals surface area contributed by atoms with Gasteiger partial charge in [-0.15, -0.1) is 0 Å². The molecule has 3 aromatic carbocycles. The van der Waals surface area contributed by atoms with Crippen LogP contribution in [0.15, 0.2) is 77.6 Å². The van der Waals surface area contributed by atoms with Crippen molar-refractivity contribution in [2.24, 2.45) is 0 Å². The van der Waals surface area contributed by atoms with Crippen molar-refractivity contribution < 1.29 is 54.7 Å². The molecule has 5 aliphatic rings. The van der Waals surface area contributed by atoms with Crippen molar-refractivity contribution in [2.75, 3.05) is 75.0 Å². The summed E-state index contributed by atoms with van der Waals surface area (Å²) in [5.41, 5.74) is 9.02. The number of likely N-dealkylation sites (tertiary alicyclic amines) is 3. The van der Waals surface area contributed by atoms with E-state index in [4.69, 9.17) is 39.5 Å². The Hall–Kier alpha value is -10.6. The number of aromatic nitrogens is 13. The summed E-state index contributed by atoms with van der Waals surface area (Å²) in [6, 6.07) is 15.0. The Kier molecular flexibility index (Phi) is 26.4. The van der Waals surface area contributed by atoms with Gasteiger partial charge >= 0.3 is 6.18 Å². The lowest BCUT2D eigenvalue weighted by molar-refractivity contribution is -0.153. The molecule has 0 aliphatic carbocycles. The molecule has 15 rings (SSSR count). The van der Waals surface area contributed by atoms with Crippen LogP contribution in [0.2, 0.25) is 15.1 Å². The van der Waals surface area contributed by atoms with Crippen LogP contribution in [0.25, 0.3) is 0 Å². The molecular formula is C80H88Cl3F6N21O6. The van der Waals surface area contributed by atoms with E-state index in [0.29, 0.717) is 156 Å². The fourth-order valence-electron chi connectivity index (χ4n) is 15.3. The van der Waals surface area contributed by atoms with Crippen LogP contribution in [0.3, 0.4) is 0 Å². The van der Waals surface area contributed by atoms with Gasteiger partial charge in [-0.25, -0.2) is 48.1 Å². The van der Waals surface area contributed by atoms with Gasteiger partial charge in [-0.05, 0) is 179 Å². The minimum absolute atomic E-state index is 0.00556. The summed E-state index contributed by atoms with van der Waals surface area (Å²) >= 11 is 18.7. The molecule has 4 amide bonds. The van der Waals surface area contributed by atoms with E-state index >= 15 is 13.2 Å². The monoisotopic (exact) mass is 1660 g/mol. The average Bonchev–Trinajstić information content (AvgIpc) is 1.53. The molecule has 8 N–H and O–H groups in total. The van der Waals surface area contributed by atoms with E-state index in [-0.39, 0.29) is 91.4 Å². The third-order valence-electron chi connectivity index (χ3n) is 21.2. The number of alkyl halides is 3. The van der Waals surface area contributed by atoms with Gasteiger partial charge in [0, 0.05) is 114 Å². The predicted molar refractivity (Wildman–Crippen MR) is 422 cm³/mol. The standard InChI is InChI=1S/C27H26ClF4N7O2.C27H31ClFN7O2.C26H31ClFN7O2/c1-13-8-17(10-21-33-12-19(28)25(35-21)36-22-9-14(2)37-38-22)20(29)11-18(13)16-4-6-39(7-5-16)26(40)23-24(27(30,31)32)41-15(3)34-23;1-15-10-18(12-23-30-14-20(28)26(32-23)33-24-11-16(2)34-35-24)21(29)13-19(15)17-6-8-36(9-7-17)27(38)22-4-3-5-25(37)31-22;1-15-9-18(11-23-30-13-20(27)25(31-23)32-24-10-16(2)33-34-24)21(28)12-19(15)17-3-6-35(7-4-17)26(36)22-14-37-8-5-29-22/h8-9,11-12,16H,4-7,10H2,1-3H3,(H2,33,35,36,37,38);10-11,13-14,17,22H,3-9,12H2,1-2H3,(H,31,37)(H2,30,32,33,34,35);9-10,12-13,17,22,29H,3-8,11,14H2,1-2H3,(H2,30,31,32,33,34)/t;;22-/m..0/s1. The molecule has 5 aliphatic heterocycles. The lowest BCUT2D eigenvalue weighted by Crippen LogP contribution is -2.53. The van der Waals surface area contributed by atoms with E-state index in [1.165, 1.54) is 36.5 Å². The Morgan fingerprint density at radius 3 is 1.24 bits per heavy atom. The second-order valence-corrected chi connectivity index (χ2v) is 31.1. The first-order valence-electron chi connectivity index (χ1n) is 38.3. The Balaban J connectivity index is 0.000000152. The van der Waals surface area contributed by atoms with Gasteiger partial charge in [0.05, 0.1) is 31.8 Å². The zero-order valence-electron chi connectivity index (χ0n) is 64.8. The molecule has 116 heavy (non-hydrogen) atoms. The number of rotatable bonds is 18. The molecule has 5 fully saturated rings. The maximum atomic E-state index is 15.3. The number of morpholine rings is 1. The molecule has 612 valence electrons. The number of amides is 4. The van der Waals surface area contributed by atoms with Crippen LogP contribution in [-0.2, 0) is 44.6 Å².